The van der Waals surface area contributed by atoms with Gasteiger partial charge in [-0.2, -0.15) is 15.1 Å². The molecule has 1 saturated heterocycles. The Bertz CT molecular complexity index is 972. The predicted octanol–water partition coefficient (Wildman–Crippen LogP) is 3.86. The molecule has 148 valence electrons. The molecule has 0 atom stereocenters. The number of hydrogen-bond donors (Lipinski definition) is 1. The fourth-order valence-corrected chi connectivity index (χ4v) is 2.99. The van der Waals surface area contributed by atoms with Gasteiger partial charge in [0, 0.05) is 19.2 Å². The first-order chi connectivity index (χ1) is 14.3. The molecule has 1 N–H and O–H groups in total. The molecule has 1 aromatic heterocycles. The third-order valence-corrected chi connectivity index (χ3v) is 4.41. The van der Waals surface area contributed by atoms with E-state index in [1.165, 1.54) is 5.56 Å². The van der Waals surface area contributed by atoms with Crippen LogP contribution in [0.15, 0.2) is 65.8 Å². The number of aryl methyl sites for hydroxylation is 1. The summed E-state index contributed by atoms with van der Waals surface area (Å²) < 4.78 is 11.3. The second-order valence-corrected chi connectivity index (χ2v) is 6.69. The van der Waals surface area contributed by atoms with Gasteiger partial charge in [0.25, 0.3) is 0 Å². The molecular formula is C22H23N5O2. The van der Waals surface area contributed by atoms with E-state index in [4.69, 9.17) is 9.47 Å². The van der Waals surface area contributed by atoms with E-state index in [1.54, 1.807) is 6.21 Å². The van der Waals surface area contributed by atoms with Gasteiger partial charge in [-0.25, -0.2) is 0 Å². The Morgan fingerprint density at radius 1 is 1.03 bits per heavy atom. The van der Waals surface area contributed by atoms with E-state index in [0.717, 1.165) is 24.5 Å². The smallest absolute Gasteiger partial charge is 0.325 e. The number of nitrogens with zero attached hydrogens (tertiary/aromatic N) is 4. The molecule has 2 aromatic carbocycles. The fraction of sp³-hybridized carbons (Fsp3) is 0.227. The molecule has 4 rings (SSSR count). The van der Waals surface area contributed by atoms with E-state index in [9.17, 15) is 0 Å². The first-order valence-electron chi connectivity index (χ1n) is 9.57. The van der Waals surface area contributed by atoms with Crippen LogP contribution in [0.1, 0.15) is 11.1 Å². The summed E-state index contributed by atoms with van der Waals surface area (Å²) in [5, 5.41) is 4.32. The Labute approximate surface area is 170 Å². The van der Waals surface area contributed by atoms with Crippen LogP contribution in [-0.4, -0.2) is 42.5 Å². The van der Waals surface area contributed by atoms with Crippen LogP contribution in [0.25, 0.3) is 0 Å². The summed E-state index contributed by atoms with van der Waals surface area (Å²) in [7, 11) is 0. The highest BCUT2D eigenvalue weighted by Gasteiger charge is 2.16. The lowest BCUT2D eigenvalue weighted by Gasteiger charge is -2.28. The van der Waals surface area contributed by atoms with Crippen LogP contribution in [0.5, 0.6) is 11.8 Å². The van der Waals surface area contributed by atoms with Gasteiger partial charge in [0.15, 0.2) is 5.82 Å². The topological polar surface area (TPSA) is 71.9 Å². The van der Waals surface area contributed by atoms with Crippen molar-refractivity contribution in [2.45, 2.75) is 6.92 Å². The van der Waals surface area contributed by atoms with Crippen LogP contribution in [0.4, 0.5) is 11.6 Å². The Balaban J connectivity index is 1.56. The number of rotatable bonds is 6. The van der Waals surface area contributed by atoms with Crippen LogP contribution in [0.3, 0.4) is 0 Å². The first-order valence-corrected chi connectivity index (χ1v) is 9.57. The zero-order valence-electron chi connectivity index (χ0n) is 16.3. The fourth-order valence-electron chi connectivity index (χ4n) is 2.99. The van der Waals surface area contributed by atoms with Crippen molar-refractivity contribution in [2.24, 2.45) is 5.10 Å². The van der Waals surface area contributed by atoms with Crippen molar-refractivity contribution in [2.75, 3.05) is 36.6 Å². The molecule has 29 heavy (non-hydrogen) atoms. The lowest BCUT2D eigenvalue weighted by atomic mass is 10.2. The summed E-state index contributed by atoms with van der Waals surface area (Å²) in [5.41, 5.74) is 5.20. The van der Waals surface area contributed by atoms with Gasteiger partial charge >= 0.3 is 6.01 Å². The molecule has 1 fully saturated rings. The molecule has 0 aliphatic carbocycles. The zero-order valence-corrected chi connectivity index (χ0v) is 16.3. The molecule has 0 bridgehead atoms. The average molecular weight is 389 g/mol. The quantitative estimate of drug-likeness (QED) is 0.510. The number of morpholine rings is 1. The molecule has 3 aromatic rings. The van der Waals surface area contributed by atoms with E-state index in [2.05, 4.69) is 44.5 Å². The minimum atomic E-state index is 0.272. The molecule has 0 saturated carbocycles. The molecule has 1 aliphatic rings. The first kappa shape index (κ1) is 18.9. The van der Waals surface area contributed by atoms with Gasteiger partial charge in [-0.15, -0.1) is 0 Å². The van der Waals surface area contributed by atoms with Crippen molar-refractivity contribution < 1.29 is 9.47 Å². The number of benzene rings is 2. The number of hydrazone groups is 1. The van der Waals surface area contributed by atoms with Crippen LogP contribution in [-0.2, 0) is 4.74 Å². The van der Waals surface area contributed by atoms with Crippen molar-refractivity contribution in [3.05, 3.63) is 71.8 Å². The van der Waals surface area contributed by atoms with Crippen molar-refractivity contribution in [1.29, 1.82) is 0 Å². The zero-order chi connectivity index (χ0) is 19.9. The van der Waals surface area contributed by atoms with Crippen molar-refractivity contribution in [3.63, 3.8) is 0 Å². The molecule has 0 amide bonds. The number of hydrogen-bond acceptors (Lipinski definition) is 7. The minimum Gasteiger partial charge on any atom is -0.424 e. The molecule has 0 spiro atoms. The van der Waals surface area contributed by atoms with Crippen molar-refractivity contribution in [1.82, 2.24) is 9.97 Å². The highest BCUT2D eigenvalue weighted by atomic mass is 16.5. The molecule has 0 radical (unpaired) electrons. The van der Waals surface area contributed by atoms with Gasteiger partial charge in [-0.05, 0) is 24.6 Å². The van der Waals surface area contributed by atoms with Crippen LogP contribution in [0.2, 0.25) is 0 Å². The second-order valence-electron chi connectivity index (χ2n) is 6.69. The predicted molar refractivity (Wildman–Crippen MR) is 114 cm³/mol. The molecular weight excluding hydrogens is 366 g/mol. The third kappa shape index (κ3) is 5.30. The molecule has 7 nitrogen and oxygen atoms in total. The lowest BCUT2D eigenvalue weighted by molar-refractivity contribution is 0.122. The molecule has 0 unspecified atom stereocenters. The largest absolute Gasteiger partial charge is 0.424 e. The summed E-state index contributed by atoms with van der Waals surface area (Å²) >= 11 is 0. The molecule has 7 heteroatoms. The van der Waals surface area contributed by atoms with E-state index in [1.807, 2.05) is 48.5 Å². The number of aromatic nitrogens is 2. The minimum absolute atomic E-state index is 0.272. The summed E-state index contributed by atoms with van der Waals surface area (Å²) in [6.07, 6.45) is 1.77. The van der Waals surface area contributed by atoms with Gasteiger partial charge in [-0.3, -0.25) is 5.43 Å². The summed E-state index contributed by atoms with van der Waals surface area (Å²) in [6.45, 7) is 4.94. The van der Waals surface area contributed by atoms with Crippen LogP contribution in [0, 0.1) is 6.92 Å². The van der Waals surface area contributed by atoms with Gasteiger partial charge in [0.2, 0.25) is 0 Å². The monoisotopic (exact) mass is 389 g/mol. The van der Waals surface area contributed by atoms with E-state index in [0.29, 0.717) is 24.8 Å². The van der Waals surface area contributed by atoms with E-state index in [-0.39, 0.29) is 6.01 Å². The molecule has 2 heterocycles. The van der Waals surface area contributed by atoms with Gasteiger partial charge in [-0.1, -0.05) is 48.0 Å². The Kier molecular flexibility index (Phi) is 5.97. The van der Waals surface area contributed by atoms with E-state index >= 15 is 0 Å². The number of nitrogens with one attached hydrogen (secondary N) is 1. The summed E-state index contributed by atoms with van der Waals surface area (Å²) in [5.74, 6) is 2.03. The maximum atomic E-state index is 5.86. The summed E-state index contributed by atoms with van der Waals surface area (Å²) in [4.78, 5) is 11.2. The standard InChI is InChI=1S/C22H23N5O2/c1-17-6-5-7-18(14-17)16-23-26-20-15-21(27-10-12-28-13-11-27)25-22(24-20)29-19-8-3-2-4-9-19/h2-9,14-16H,10-13H2,1H3,(H,24,25,26)/b23-16+. The second kappa shape index (κ2) is 9.16. The van der Waals surface area contributed by atoms with E-state index < -0.39 is 0 Å². The van der Waals surface area contributed by atoms with Crippen molar-refractivity contribution >= 4 is 17.9 Å². The summed E-state index contributed by atoms with van der Waals surface area (Å²) in [6, 6.07) is 19.8. The maximum absolute atomic E-state index is 5.86. The Hall–Kier alpha value is -3.45. The van der Waals surface area contributed by atoms with Gasteiger partial charge in [0.05, 0.1) is 19.4 Å². The average Bonchev–Trinajstić information content (AvgIpc) is 2.75. The normalized spacial score (nSPS) is 14.2. The van der Waals surface area contributed by atoms with Crippen molar-refractivity contribution in [3.8, 4) is 11.8 Å². The van der Waals surface area contributed by atoms with Crippen LogP contribution < -0.4 is 15.1 Å². The number of para-hydroxylation sites is 1. The van der Waals surface area contributed by atoms with Gasteiger partial charge < -0.3 is 14.4 Å². The molecule has 1 aliphatic heterocycles. The maximum Gasteiger partial charge on any atom is 0.325 e. The Morgan fingerprint density at radius 3 is 2.66 bits per heavy atom. The third-order valence-electron chi connectivity index (χ3n) is 4.41. The van der Waals surface area contributed by atoms with Gasteiger partial charge in [0.1, 0.15) is 11.6 Å². The highest BCUT2D eigenvalue weighted by Crippen LogP contribution is 2.24. The SMILES string of the molecule is Cc1cccc(/C=N/Nc2cc(N3CCOCC3)nc(Oc3ccccc3)n2)c1. The number of anilines is 2. The number of ether oxygens (including phenoxy) is 2. The lowest BCUT2D eigenvalue weighted by Crippen LogP contribution is -2.36. The van der Waals surface area contributed by atoms with Crippen LogP contribution >= 0.6 is 0 Å². The highest BCUT2D eigenvalue weighted by molar-refractivity contribution is 5.80. The Morgan fingerprint density at radius 2 is 1.86 bits per heavy atom.